The van der Waals surface area contributed by atoms with Gasteiger partial charge < -0.3 is 14.6 Å². The molecule has 0 fully saturated rings. The van der Waals surface area contributed by atoms with Gasteiger partial charge in [0.1, 0.15) is 23.4 Å². The Morgan fingerprint density at radius 2 is 2.10 bits per heavy atom. The average Bonchev–Trinajstić information content (AvgIpc) is 2.49. The predicted octanol–water partition coefficient (Wildman–Crippen LogP) is 4.15. The van der Waals surface area contributed by atoms with E-state index in [0.29, 0.717) is 22.4 Å². The van der Waals surface area contributed by atoms with Crippen molar-refractivity contribution < 1.29 is 19.0 Å². The quantitative estimate of drug-likeness (QED) is 0.882. The van der Waals surface area contributed by atoms with Crippen LogP contribution in [0.4, 0.5) is 4.39 Å². The molecule has 0 aliphatic carbocycles. The number of ether oxygens (including phenoxy) is 2. The standard InChI is InChI=1S/C16H14BrFO3/c1-20-10-3-4-11-14(19)8-15(21-16(11)7-10)9-2-5-13(18)12(17)6-9/h2-7,14-15,19H,8H2,1H3/t14-,15?/m0/s1. The summed E-state index contributed by atoms with van der Waals surface area (Å²) in [7, 11) is 1.58. The minimum atomic E-state index is -0.617. The molecule has 1 heterocycles. The lowest BCUT2D eigenvalue weighted by molar-refractivity contribution is 0.0654. The second-order valence-corrected chi connectivity index (χ2v) is 5.79. The number of methoxy groups -OCH3 is 1. The van der Waals surface area contributed by atoms with Gasteiger partial charge in [0.25, 0.3) is 0 Å². The number of benzene rings is 2. The zero-order valence-electron chi connectivity index (χ0n) is 11.3. The van der Waals surface area contributed by atoms with Gasteiger partial charge in [-0.3, -0.25) is 0 Å². The van der Waals surface area contributed by atoms with E-state index >= 15 is 0 Å². The van der Waals surface area contributed by atoms with Crippen molar-refractivity contribution in [2.75, 3.05) is 7.11 Å². The minimum Gasteiger partial charge on any atom is -0.497 e. The molecule has 1 aliphatic rings. The van der Waals surface area contributed by atoms with Crippen LogP contribution in [0.5, 0.6) is 11.5 Å². The van der Waals surface area contributed by atoms with E-state index in [9.17, 15) is 9.50 Å². The van der Waals surface area contributed by atoms with E-state index in [0.717, 1.165) is 11.1 Å². The fourth-order valence-corrected chi connectivity index (χ4v) is 2.86. The summed E-state index contributed by atoms with van der Waals surface area (Å²) in [5, 5.41) is 10.3. The van der Waals surface area contributed by atoms with Crippen LogP contribution in [0.25, 0.3) is 0 Å². The third-order valence-corrected chi connectivity index (χ3v) is 4.21. The third kappa shape index (κ3) is 2.76. The van der Waals surface area contributed by atoms with Gasteiger partial charge in [-0.15, -0.1) is 0 Å². The normalized spacial score (nSPS) is 20.6. The minimum absolute atomic E-state index is 0.322. The molecule has 0 amide bonds. The smallest absolute Gasteiger partial charge is 0.137 e. The number of aliphatic hydroxyl groups is 1. The zero-order valence-corrected chi connectivity index (χ0v) is 12.9. The van der Waals surface area contributed by atoms with Crippen LogP contribution < -0.4 is 9.47 Å². The number of rotatable bonds is 2. The molecular formula is C16H14BrFO3. The zero-order chi connectivity index (χ0) is 15.0. The van der Waals surface area contributed by atoms with Crippen molar-refractivity contribution in [1.82, 2.24) is 0 Å². The van der Waals surface area contributed by atoms with Crippen LogP contribution >= 0.6 is 15.9 Å². The van der Waals surface area contributed by atoms with Gasteiger partial charge in [0.15, 0.2) is 0 Å². The van der Waals surface area contributed by atoms with Crippen molar-refractivity contribution in [2.45, 2.75) is 18.6 Å². The van der Waals surface area contributed by atoms with E-state index in [1.165, 1.54) is 6.07 Å². The molecule has 0 bridgehead atoms. The molecule has 0 aromatic heterocycles. The summed E-state index contributed by atoms with van der Waals surface area (Å²) in [6.07, 6.45) is -0.512. The Hall–Kier alpha value is -1.59. The van der Waals surface area contributed by atoms with Crippen LogP contribution in [-0.4, -0.2) is 12.2 Å². The molecule has 0 saturated carbocycles. The monoisotopic (exact) mass is 352 g/mol. The van der Waals surface area contributed by atoms with Gasteiger partial charge in [0.2, 0.25) is 0 Å². The Morgan fingerprint density at radius 3 is 2.81 bits per heavy atom. The highest BCUT2D eigenvalue weighted by Crippen LogP contribution is 2.42. The van der Waals surface area contributed by atoms with Crippen LogP contribution in [0.15, 0.2) is 40.9 Å². The molecule has 3 nitrogen and oxygen atoms in total. The van der Waals surface area contributed by atoms with Crippen LogP contribution in [0, 0.1) is 5.82 Å². The fraction of sp³-hybridized carbons (Fsp3) is 0.250. The average molecular weight is 353 g/mol. The van der Waals surface area contributed by atoms with Crippen molar-refractivity contribution in [3.63, 3.8) is 0 Å². The summed E-state index contributed by atoms with van der Waals surface area (Å²) >= 11 is 3.17. The molecule has 3 rings (SSSR count). The maximum atomic E-state index is 13.3. The van der Waals surface area contributed by atoms with E-state index in [4.69, 9.17) is 9.47 Å². The third-order valence-electron chi connectivity index (χ3n) is 3.60. The highest BCUT2D eigenvalue weighted by molar-refractivity contribution is 9.10. The summed E-state index contributed by atoms with van der Waals surface area (Å²) in [4.78, 5) is 0. The molecule has 110 valence electrons. The summed E-state index contributed by atoms with van der Waals surface area (Å²) in [5.41, 5.74) is 1.56. The Labute approximate surface area is 130 Å². The van der Waals surface area contributed by atoms with Gasteiger partial charge in [-0.05, 0) is 45.8 Å². The van der Waals surface area contributed by atoms with Gasteiger partial charge in [-0.2, -0.15) is 0 Å². The fourth-order valence-electron chi connectivity index (χ4n) is 2.47. The first kappa shape index (κ1) is 14.4. The van der Waals surface area contributed by atoms with Crippen molar-refractivity contribution in [1.29, 1.82) is 0 Å². The molecule has 0 spiro atoms. The highest BCUT2D eigenvalue weighted by atomic mass is 79.9. The van der Waals surface area contributed by atoms with Gasteiger partial charge >= 0.3 is 0 Å². The lowest BCUT2D eigenvalue weighted by atomic mass is 9.95. The molecule has 2 aromatic carbocycles. The number of halogens is 2. The molecular weight excluding hydrogens is 339 g/mol. The van der Waals surface area contributed by atoms with E-state index in [2.05, 4.69) is 15.9 Å². The van der Waals surface area contributed by atoms with Crippen molar-refractivity contribution >= 4 is 15.9 Å². The molecule has 21 heavy (non-hydrogen) atoms. The van der Waals surface area contributed by atoms with Gasteiger partial charge in [0.05, 0.1) is 17.7 Å². The largest absolute Gasteiger partial charge is 0.497 e. The van der Waals surface area contributed by atoms with Crippen molar-refractivity contribution in [2.24, 2.45) is 0 Å². The topological polar surface area (TPSA) is 38.7 Å². The number of hydrogen-bond donors (Lipinski definition) is 1. The molecule has 1 aliphatic heterocycles. The van der Waals surface area contributed by atoms with E-state index in [-0.39, 0.29) is 11.9 Å². The Kier molecular flexibility index (Phi) is 3.87. The highest BCUT2D eigenvalue weighted by Gasteiger charge is 2.28. The Bertz CT molecular complexity index is 675. The van der Waals surface area contributed by atoms with Gasteiger partial charge in [-0.1, -0.05) is 6.07 Å². The second-order valence-electron chi connectivity index (χ2n) is 4.94. The Balaban J connectivity index is 1.94. The van der Waals surface area contributed by atoms with Crippen LogP contribution in [-0.2, 0) is 0 Å². The van der Waals surface area contributed by atoms with Crippen molar-refractivity contribution in [3.8, 4) is 11.5 Å². The second kappa shape index (κ2) is 5.66. The summed E-state index contributed by atoms with van der Waals surface area (Å²) in [6, 6.07) is 10.1. The first-order chi connectivity index (χ1) is 10.1. The molecule has 1 N–H and O–H groups in total. The molecule has 0 radical (unpaired) electrons. The molecule has 2 atom stereocenters. The van der Waals surface area contributed by atoms with Gasteiger partial charge in [0, 0.05) is 18.1 Å². The SMILES string of the molecule is COc1ccc2c(c1)OC(c1ccc(F)c(Br)c1)C[C@@H]2O. The molecule has 2 aromatic rings. The Morgan fingerprint density at radius 1 is 1.29 bits per heavy atom. The van der Waals surface area contributed by atoms with E-state index in [1.54, 1.807) is 37.4 Å². The summed E-state index contributed by atoms with van der Waals surface area (Å²) in [5.74, 6) is 0.942. The van der Waals surface area contributed by atoms with Crippen molar-refractivity contribution in [3.05, 3.63) is 57.8 Å². The van der Waals surface area contributed by atoms with Crippen LogP contribution in [0.3, 0.4) is 0 Å². The lowest BCUT2D eigenvalue weighted by Gasteiger charge is -2.30. The van der Waals surface area contributed by atoms with E-state index < -0.39 is 6.10 Å². The predicted molar refractivity (Wildman–Crippen MR) is 80.0 cm³/mol. The van der Waals surface area contributed by atoms with Crippen LogP contribution in [0.1, 0.15) is 29.8 Å². The molecule has 5 heteroatoms. The maximum absolute atomic E-state index is 13.3. The first-order valence-electron chi connectivity index (χ1n) is 6.56. The molecule has 1 unspecified atom stereocenters. The number of hydrogen-bond acceptors (Lipinski definition) is 3. The summed E-state index contributed by atoms with van der Waals surface area (Å²) < 4.78 is 24.8. The number of aliphatic hydroxyl groups excluding tert-OH is 1. The maximum Gasteiger partial charge on any atom is 0.137 e. The van der Waals surface area contributed by atoms with Crippen LogP contribution in [0.2, 0.25) is 0 Å². The number of fused-ring (bicyclic) bond motifs is 1. The van der Waals surface area contributed by atoms with E-state index in [1.807, 2.05) is 0 Å². The molecule has 0 saturated heterocycles. The first-order valence-corrected chi connectivity index (χ1v) is 7.35. The lowest BCUT2D eigenvalue weighted by Crippen LogP contribution is -2.19. The van der Waals surface area contributed by atoms with Gasteiger partial charge in [-0.25, -0.2) is 4.39 Å². The summed E-state index contributed by atoms with van der Waals surface area (Å²) in [6.45, 7) is 0.